The van der Waals surface area contributed by atoms with Gasteiger partial charge in [0.15, 0.2) is 0 Å². The highest BCUT2D eigenvalue weighted by atomic mass is 35.5. The molecule has 1 fully saturated rings. The molecule has 0 spiro atoms. The summed E-state index contributed by atoms with van der Waals surface area (Å²) < 4.78 is 0. The highest BCUT2D eigenvalue weighted by Gasteiger charge is 2.31. The number of piperazine rings is 1. The average Bonchev–Trinajstić information content (AvgIpc) is 2.99. The Labute approximate surface area is 200 Å². The summed E-state index contributed by atoms with van der Waals surface area (Å²) in [5, 5.41) is 1.22. The van der Waals surface area contributed by atoms with Crippen LogP contribution in [-0.2, 0) is 12.8 Å². The van der Waals surface area contributed by atoms with E-state index in [-0.39, 0.29) is 0 Å². The molecule has 5 rings (SSSR count). The molecule has 1 unspecified atom stereocenters. The van der Waals surface area contributed by atoms with Crippen molar-refractivity contribution in [2.75, 3.05) is 32.7 Å². The third-order valence-corrected chi connectivity index (χ3v) is 7.45. The van der Waals surface area contributed by atoms with Gasteiger partial charge < -0.3 is 0 Å². The van der Waals surface area contributed by atoms with Crippen LogP contribution in [-0.4, -0.2) is 47.5 Å². The number of rotatable bonds is 4. The maximum atomic E-state index is 6.31. The summed E-state index contributed by atoms with van der Waals surface area (Å²) in [5.74, 6) is 0. The normalized spacial score (nSPS) is 19.5. The first-order valence-electron chi connectivity index (χ1n) is 11.3. The van der Waals surface area contributed by atoms with Crippen molar-refractivity contribution < 1.29 is 0 Å². The van der Waals surface area contributed by atoms with E-state index in [0.717, 1.165) is 51.1 Å². The molecule has 1 aliphatic carbocycles. The smallest absolute Gasteiger partial charge is 0.0664 e. The maximum absolute atomic E-state index is 6.31. The lowest BCUT2D eigenvalue weighted by Crippen LogP contribution is -2.47. The molecule has 2 aromatic carbocycles. The van der Waals surface area contributed by atoms with Crippen LogP contribution in [0.25, 0.3) is 6.08 Å². The van der Waals surface area contributed by atoms with Gasteiger partial charge in [-0.1, -0.05) is 77.8 Å². The van der Waals surface area contributed by atoms with Gasteiger partial charge in [-0.25, -0.2) is 0 Å². The Morgan fingerprint density at radius 2 is 1.69 bits per heavy atom. The van der Waals surface area contributed by atoms with Crippen LogP contribution in [0.2, 0.25) is 10.0 Å². The first kappa shape index (κ1) is 21.7. The monoisotopic (exact) mass is 463 g/mol. The lowest BCUT2D eigenvalue weighted by Gasteiger charge is -2.40. The summed E-state index contributed by atoms with van der Waals surface area (Å²) in [7, 11) is 0. The Morgan fingerprint density at radius 1 is 0.875 bits per heavy atom. The van der Waals surface area contributed by atoms with Gasteiger partial charge in [0.2, 0.25) is 0 Å². The number of aromatic nitrogens is 1. The van der Waals surface area contributed by atoms with Gasteiger partial charge in [0.25, 0.3) is 0 Å². The molecule has 0 saturated carbocycles. The van der Waals surface area contributed by atoms with E-state index in [1.807, 2.05) is 24.4 Å². The fourth-order valence-corrected chi connectivity index (χ4v) is 5.30. The second-order valence-electron chi connectivity index (χ2n) is 8.52. The molecule has 1 aliphatic heterocycles. The van der Waals surface area contributed by atoms with Gasteiger partial charge in [0.1, 0.15) is 0 Å². The Kier molecular flexibility index (Phi) is 6.61. The van der Waals surface area contributed by atoms with E-state index in [4.69, 9.17) is 28.2 Å². The van der Waals surface area contributed by atoms with Crippen LogP contribution < -0.4 is 0 Å². The Morgan fingerprint density at radius 3 is 2.56 bits per heavy atom. The first-order chi connectivity index (χ1) is 15.7. The predicted octanol–water partition coefficient (Wildman–Crippen LogP) is 5.91. The molecule has 0 radical (unpaired) electrons. The number of hydrogen-bond donors (Lipinski definition) is 0. The molecule has 1 aromatic heterocycles. The summed E-state index contributed by atoms with van der Waals surface area (Å²) in [6.07, 6.45) is 8.27. The van der Waals surface area contributed by atoms with E-state index in [2.05, 4.69) is 58.4 Å². The fraction of sp³-hybridized carbons (Fsp3) is 0.296. The average molecular weight is 464 g/mol. The fourth-order valence-electron chi connectivity index (χ4n) is 4.93. The van der Waals surface area contributed by atoms with Crippen molar-refractivity contribution in [1.29, 1.82) is 0 Å². The number of halogens is 2. The van der Waals surface area contributed by atoms with Gasteiger partial charge in [-0.15, -0.1) is 0 Å². The largest absolute Gasteiger partial charge is 0.297 e. The van der Waals surface area contributed by atoms with E-state index in [1.54, 1.807) is 0 Å². The van der Waals surface area contributed by atoms with Crippen molar-refractivity contribution in [3.8, 4) is 0 Å². The van der Waals surface area contributed by atoms with Gasteiger partial charge in [-0.3, -0.25) is 14.8 Å². The van der Waals surface area contributed by atoms with Crippen LogP contribution in [0.15, 0.2) is 66.9 Å². The van der Waals surface area contributed by atoms with Crippen molar-refractivity contribution in [2.45, 2.75) is 18.9 Å². The van der Waals surface area contributed by atoms with Crippen LogP contribution >= 0.6 is 23.2 Å². The third kappa shape index (κ3) is 4.49. The van der Waals surface area contributed by atoms with Crippen LogP contribution in [0.5, 0.6) is 0 Å². The van der Waals surface area contributed by atoms with Crippen molar-refractivity contribution in [3.63, 3.8) is 0 Å². The number of aryl methyl sites for hydroxylation is 2. The summed E-state index contributed by atoms with van der Waals surface area (Å²) in [6, 6.07) is 19.3. The van der Waals surface area contributed by atoms with Gasteiger partial charge in [-0.2, -0.15) is 0 Å². The Balaban J connectivity index is 1.29. The van der Waals surface area contributed by atoms with Crippen LogP contribution in [0.4, 0.5) is 0 Å². The molecular formula is C27H27Cl2N3. The summed E-state index contributed by atoms with van der Waals surface area (Å²) in [6.45, 7) is 5.08. The predicted molar refractivity (Wildman–Crippen MR) is 133 cm³/mol. The molecular weight excluding hydrogens is 437 g/mol. The zero-order valence-corrected chi connectivity index (χ0v) is 19.6. The van der Waals surface area contributed by atoms with Crippen molar-refractivity contribution in [1.82, 2.24) is 14.8 Å². The first-order valence-corrected chi connectivity index (χ1v) is 12.0. The van der Waals surface area contributed by atoms with E-state index in [1.165, 1.54) is 22.4 Å². The van der Waals surface area contributed by atoms with Gasteiger partial charge in [0.05, 0.1) is 16.1 Å². The zero-order valence-electron chi connectivity index (χ0n) is 18.1. The van der Waals surface area contributed by atoms with Gasteiger partial charge >= 0.3 is 0 Å². The molecule has 3 nitrogen and oxygen atoms in total. The molecule has 1 saturated heterocycles. The minimum atomic E-state index is 0.292. The van der Waals surface area contributed by atoms with Crippen molar-refractivity contribution in [2.24, 2.45) is 0 Å². The third-order valence-electron chi connectivity index (χ3n) is 6.62. The molecule has 2 aliphatic rings. The number of pyridine rings is 1. The van der Waals surface area contributed by atoms with Crippen LogP contribution in [0.1, 0.15) is 34.0 Å². The number of nitrogens with zero attached hydrogens (tertiary/aromatic N) is 3. The second kappa shape index (κ2) is 9.76. The van der Waals surface area contributed by atoms with Gasteiger partial charge in [0, 0.05) is 44.6 Å². The quantitative estimate of drug-likeness (QED) is 0.479. The number of benzene rings is 2. The molecule has 0 amide bonds. The lowest BCUT2D eigenvalue weighted by molar-refractivity contribution is 0.117. The summed E-state index contributed by atoms with van der Waals surface area (Å²) in [5.41, 5.74) is 6.50. The second-order valence-corrected chi connectivity index (χ2v) is 9.31. The summed E-state index contributed by atoms with van der Waals surface area (Å²) >= 11 is 12.4. The molecule has 5 heteroatoms. The lowest BCUT2D eigenvalue weighted by atomic mass is 9.94. The molecule has 164 valence electrons. The van der Waals surface area contributed by atoms with Crippen LogP contribution in [0.3, 0.4) is 0 Å². The highest BCUT2D eigenvalue weighted by molar-refractivity contribution is 6.42. The topological polar surface area (TPSA) is 19.4 Å². The SMILES string of the molecule is Clc1cccc(C=CCN2CCN(C3c4ccccc4CCc4ncccc43)CC2)c1Cl. The molecule has 0 N–H and O–H groups in total. The minimum Gasteiger partial charge on any atom is -0.297 e. The zero-order chi connectivity index (χ0) is 21.9. The van der Waals surface area contributed by atoms with E-state index in [0.29, 0.717) is 16.1 Å². The van der Waals surface area contributed by atoms with E-state index in [9.17, 15) is 0 Å². The van der Waals surface area contributed by atoms with Crippen molar-refractivity contribution >= 4 is 29.3 Å². The summed E-state index contributed by atoms with van der Waals surface area (Å²) in [4.78, 5) is 9.87. The molecule has 2 heterocycles. The van der Waals surface area contributed by atoms with Crippen LogP contribution in [0, 0.1) is 0 Å². The minimum absolute atomic E-state index is 0.292. The standard InChI is InChI=1S/C27H27Cl2N3/c28-24-11-3-7-21(26(24)29)8-5-15-31-16-18-32(19-17-31)27-22-9-2-1-6-20(22)12-13-25-23(27)10-4-14-30-25/h1-11,14,27H,12-13,15-19H2. The maximum Gasteiger partial charge on any atom is 0.0664 e. The van der Waals surface area contributed by atoms with Gasteiger partial charge in [-0.05, 0) is 47.2 Å². The number of hydrogen-bond acceptors (Lipinski definition) is 3. The van der Waals surface area contributed by atoms with E-state index < -0.39 is 0 Å². The van der Waals surface area contributed by atoms with Crippen molar-refractivity contribution in [3.05, 3.63) is 105 Å². The molecule has 1 atom stereocenters. The molecule has 3 aromatic rings. The molecule has 0 bridgehead atoms. The van der Waals surface area contributed by atoms with E-state index >= 15 is 0 Å². The Hall–Kier alpha value is -2.17. The molecule has 32 heavy (non-hydrogen) atoms. The number of fused-ring (bicyclic) bond motifs is 2. The Bertz CT molecular complexity index is 1070. The highest BCUT2D eigenvalue weighted by Crippen LogP contribution is 2.36.